The van der Waals surface area contributed by atoms with E-state index in [1.807, 2.05) is 13.8 Å². The molecule has 0 saturated heterocycles. The summed E-state index contributed by atoms with van der Waals surface area (Å²) in [6.07, 6.45) is 0.424. The Labute approximate surface area is 112 Å². The third kappa shape index (κ3) is 4.47. The summed E-state index contributed by atoms with van der Waals surface area (Å²) in [5.41, 5.74) is 0. The maximum absolute atomic E-state index is 11.8. The van der Waals surface area contributed by atoms with E-state index in [2.05, 4.69) is 21.2 Å². The van der Waals surface area contributed by atoms with Crippen molar-refractivity contribution >= 4 is 39.1 Å². The SMILES string of the molecule is CC(C)C[C@H](NC(=O)c1ccc(Br)s1)C(=O)O. The van der Waals surface area contributed by atoms with Crippen molar-refractivity contribution in [1.29, 1.82) is 0 Å². The number of rotatable bonds is 5. The number of amides is 1. The van der Waals surface area contributed by atoms with E-state index in [1.165, 1.54) is 11.3 Å². The Morgan fingerprint density at radius 1 is 1.47 bits per heavy atom. The van der Waals surface area contributed by atoms with E-state index in [-0.39, 0.29) is 11.8 Å². The van der Waals surface area contributed by atoms with E-state index >= 15 is 0 Å². The van der Waals surface area contributed by atoms with Crippen molar-refractivity contribution in [2.24, 2.45) is 5.92 Å². The predicted molar refractivity (Wildman–Crippen MR) is 70.4 cm³/mol. The summed E-state index contributed by atoms with van der Waals surface area (Å²) >= 11 is 4.54. The van der Waals surface area contributed by atoms with E-state index in [0.717, 1.165) is 3.79 Å². The Bertz CT molecular complexity index is 417. The molecule has 0 unspecified atom stereocenters. The summed E-state index contributed by atoms with van der Waals surface area (Å²) in [6, 6.07) is 2.60. The van der Waals surface area contributed by atoms with Gasteiger partial charge in [0.15, 0.2) is 0 Å². The molecule has 0 fully saturated rings. The van der Waals surface area contributed by atoms with Crippen LogP contribution in [0.5, 0.6) is 0 Å². The van der Waals surface area contributed by atoms with Crippen LogP contribution < -0.4 is 5.32 Å². The molecule has 94 valence electrons. The number of hydrogen-bond donors (Lipinski definition) is 2. The zero-order chi connectivity index (χ0) is 13.0. The molecular formula is C11H14BrNO3S. The number of aliphatic carboxylic acids is 1. The van der Waals surface area contributed by atoms with Crippen molar-refractivity contribution in [3.8, 4) is 0 Å². The van der Waals surface area contributed by atoms with Crippen LogP contribution in [0.25, 0.3) is 0 Å². The molecule has 2 N–H and O–H groups in total. The first-order chi connectivity index (χ1) is 7.90. The first-order valence-electron chi connectivity index (χ1n) is 5.19. The van der Waals surface area contributed by atoms with Crippen molar-refractivity contribution in [2.45, 2.75) is 26.3 Å². The van der Waals surface area contributed by atoms with E-state index in [9.17, 15) is 9.59 Å². The lowest BCUT2D eigenvalue weighted by molar-refractivity contribution is -0.139. The number of hydrogen-bond acceptors (Lipinski definition) is 3. The van der Waals surface area contributed by atoms with E-state index in [4.69, 9.17) is 5.11 Å². The van der Waals surface area contributed by atoms with Crippen molar-refractivity contribution in [1.82, 2.24) is 5.32 Å². The zero-order valence-corrected chi connectivity index (χ0v) is 12.0. The van der Waals surface area contributed by atoms with Crippen LogP contribution in [-0.2, 0) is 4.79 Å². The molecule has 1 aromatic heterocycles. The van der Waals surface area contributed by atoms with Crippen molar-refractivity contribution < 1.29 is 14.7 Å². The highest BCUT2D eigenvalue weighted by Crippen LogP contribution is 2.22. The third-order valence-corrected chi connectivity index (χ3v) is 3.73. The fourth-order valence-electron chi connectivity index (χ4n) is 1.36. The van der Waals surface area contributed by atoms with Crippen LogP contribution in [0.3, 0.4) is 0 Å². The number of carboxylic acid groups (broad SMARTS) is 1. The molecule has 17 heavy (non-hydrogen) atoms. The van der Waals surface area contributed by atoms with Crippen molar-refractivity contribution in [3.05, 3.63) is 20.8 Å². The zero-order valence-electron chi connectivity index (χ0n) is 9.57. The van der Waals surface area contributed by atoms with Gasteiger partial charge < -0.3 is 10.4 Å². The number of halogens is 1. The number of carboxylic acids is 1. The van der Waals surface area contributed by atoms with Gasteiger partial charge >= 0.3 is 5.97 Å². The molecule has 0 aliphatic heterocycles. The lowest BCUT2D eigenvalue weighted by Crippen LogP contribution is -2.41. The summed E-state index contributed by atoms with van der Waals surface area (Å²) < 4.78 is 0.846. The largest absolute Gasteiger partial charge is 0.480 e. The fourth-order valence-corrected chi connectivity index (χ4v) is 2.65. The van der Waals surface area contributed by atoms with Crippen LogP contribution in [0.1, 0.15) is 29.9 Å². The first-order valence-corrected chi connectivity index (χ1v) is 6.80. The summed E-state index contributed by atoms with van der Waals surface area (Å²) in [6.45, 7) is 3.84. The molecule has 1 amide bonds. The smallest absolute Gasteiger partial charge is 0.326 e. The molecule has 0 bridgehead atoms. The lowest BCUT2D eigenvalue weighted by Gasteiger charge is -2.15. The Morgan fingerprint density at radius 3 is 2.53 bits per heavy atom. The van der Waals surface area contributed by atoms with Gasteiger partial charge in [-0.3, -0.25) is 4.79 Å². The van der Waals surface area contributed by atoms with Crippen LogP contribution >= 0.6 is 27.3 Å². The molecule has 1 atom stereocenters. The molecule has 6 heteroatoms. The molecule has 4 nitrogen and oxygen atoms in total. The predicted octanol–water partition coefficient (Wildman–Crippen LogP) is 2.74. The molecule has 0 aromatic carbocycles. The lowest BCUT2D eigenvalue weighted by atomic mass is 10.0. The Kier molecular flexibility index (Phi) is 5.14. The van der Waals surface area contributed by atoms with E-state index in [1.54, 1.807) is 12.1 Å². The monoisotopic (exact) mass is 319 g/mol. The topological polar surface area (TPSA) is 66.4 Å². The van der Waals surface area contributed by atoms with Gasteiger partial charge in [-0.2, -0.15) is 0 Å². The molecule has 0 aliphatic rings. The summed E-state index contributed by atoms with van der Waals surface area (Å²) in [5.74, 6) is -1.12. The molecule has 0 spiro atoms. The number of thiophene rings is 1. The van der Waals surface area contributed by atoms with Gasteiger partial charge in [0.1, 0.15) is 6.04 Å². The second kappa shape index (κ2) is 6.16. The highest BCUT2D eigenvalue weighted by atomic mass is 79.9. The van der Waals surface area contributed by atoms with Crippen LogP contribution in [0, 0.1) is 5.92 Å². The van der Waals surface area contributed by atoms with Crippen LogP contribution in [0.2, 0.25) is 0 Å². The number of carbonyl (C=O) groups excluding carboxylic acids is 1. The maximum atomic E-state index is 11.8. The minimum atomic E-state index is -0.998. The van der Waals surface area contributed by atoms with Gasteiger partial charge in [-0.15, -0.1) is 11.3 Å². The van der Waals surface area contributed by atoms with Gasteiger partial charge in [0, 0.05) is 0 Å². The fraction of sp³-hybridized carbons (Fsp3) is 0.455. The van der Waals surface area contributed by atoms with Crippen LogP contribution in [0.4, 0.5) is 0 Å². The Balaban J connectivity index is 2.67. The van der Waals surface area contributed by atoms with Crippen molar-refractivity contribution in [3.63, 3.8) is 0 Å². The molecule has 0 saturated carbocycles. The van der Waals surface area contributed by atoms with Gasteiger partial charge in [-0.25, -0.2) is 4.79 Å². The number of carbonyl (C=O) groups is 2. The minimum absolute atomic E-state index is 0.214. The first kappa shape index (κ1) is 14.2. The van der Waals surface area contributed by atoms with E-state index < -0.39 is 12.0 Å². The summed E-state index contributed by atoms with van der Waals surface area (Å²) in [7, 11) is 0. The molecule has 0 radical (unpaired) electrons. The second-order valence-corrected chi connectivity index (χ2v) is 6.56. The summed E-state index contributed by atoms with van der Waals surface area (Å²) in [4.78, 5) is 23.3. The Morgan fingerprint density at radius 2 is 2.12 bits per heavy atom. The second-order valence-electron chi connectivity index (χ2n) is 4.10. The normalized spacial score (nSPS) is 12.5. The quantitative estimate of drug-likeness (QED) is 0.877. The highest BCUT2D eigenvalue weighted by molar-refractivity contribution is 9.11. The summed E-state index contributed by atoms with van der Waals surface area (Å²) in [5, 5.41) is 11.5. The molecule has 1 heterocycles. The molecule has 1 rings (SSSR count). The van der Waals surface area contributed by atoms with Crippen molar-refractivity contribution in [2.75, 3.05) is 0 Å². The van der Waals surface area contributed by atoms with Gasteiger partial charge in [0.05, 0.1) is 8.66 Å². The van der Waals surface area contributed by atoms with Gasteiger partial charge in [-0.1, -0.05) is 13.8 Å². The molecule has 1 aromatic rings. The third-order valence-electron chi connectivity index (χ3n) is 2.11. The maximum Gasteiger partial charge on any atom is 0.326 e. The standard InChI is InChI=1S/C11H14BrNO3S/c1-6(2)5-7(11(15)16)13-10(14)8-3-4-9(12)17-8/h3-4,6-7H,5H2,1-2H3,(H,13,14)(H,15,16)/t7-/m0/s1. The molecule has 0 aliphatic carbocycles. The van der Waals surface area contributed by atoms with Gasteiger partial charge in [-0.05, 0) is 40.4 Å². The van der Waals surface area contributed by atoms with Crippen LogP contribution in [0.15, 0.2) is 15.9 Å². The Hall–Kier alpha value is -0.880. The average Bonchev–Trinajstić information content (AvgIpc) is 2.63. The number of nitrogens with one attached hydrogen (secondary N) is 1. The highest BCUT2D eigenvalue weighted by Gasteiger charge is 2.22. The van der Waals surface area contributed by atoms with Gasteiger partial charge in [0.25, 0.3) is 5.91 Å². The molecular weight excluding hydrogens is 306 g/mol. The average molecular weight is 320 g/mol. The van der Waals surface area contributed by atoms with E-state index in [0.29, 0.717) is 11.3 Å². The van der Waals surface area contributed by atoms with Gasteiger partial charge in [0.2, 0.25) is 0 Å². The van der Waals surface area contributed by atoms with Crippen LogP contribution in [-0.4, -0.2) is 23.0 Å². The minimum Gasteiger partial charge on any atom is -0.480 e.